The molecule has 2 heterocycles. The lowest BCUT2D eigenvalue weighted by Crippen LogP contribution is -2.46. The van der Waals surface area contributed by atoms with Crippen LogP contribution >= 0.6 is 23.5 Å². The fourth-order valence-corrected chi connectivity index (χ4v) is 5.55. The standard InChI is InChI=1S/C20H24N2S2.2C4H4O4/c1-21-9-11-22(12-10-21)18-14-15-13-16(23-2)7-8-19(15)24-20-6-4-3-5-17(18)20;2*5-3(6)1-2-4(7)8/h3-8,13,18H,9-12,14H2,1-2H3;2*1-2H,(H,5,6)(H,7,8)/b;2*2-1+. The maximum Gasteiger partial charge on any atom is 0.328 e. The summed E-state index contributed by atoms with van der Waals surface area (Å²) in [5, 5.41) is 31.2. The lowest BCUT2D eigenvalue weighted by Gasteiger charge is -2.38. The Morgan fingerprint density at radius 2 is 1.32 bits per heavy atom. The van der Waals surface area contributed by atoms with E-state index in [4.69, 9.17) is 20.4 Å². The monoisotopic (exact) mass is 588 g/mol. The van der Waals surface area contributed by atoms with Crippen LogP contribution in [-0.4, -0.2) is 93.6 Å². The van der Waals surface area contributed by atoms with Gasteiger partial charge in [0.05, 0.1) is 0 Å². The first kappa shape index (κ1) is 32.6. The average molecular weight is 589 g/mol. The number of benzene rings is 2. The summed E-state index contributed by atoms with van der Waals surface area (Å²) < 4.78 is 0. The van der Waals surface area contributed by atoms with Crippen LogP contribution in [0.15, 0.2) is 81.5 Å². The molecule has 0 bridgehead atoms. The minimum atomic E-state index is -1.26. The van der Waals surface area contributed by atoms with E-state index in [0.29, 0.717) is 30.3 Å². The summed E-state index contributed by atoms with van der Waals surface area (Å²) in [5.41, 5.74) is 3.01. The smallest absolute Gasteiger partial charge is 0.328 e. The van der Waals surface area contributed by atoms with Gasteiger partial charge in [-0.15, -0.1) is 11.8 Å². The number of carbonyl (C=O) groups is 4. The van der Waals surface area contributed by atoms with Crippen LogP contribution in [0.4, 0.5) is 0 Å². The van der Waals surface area contributed by atoms with Crippen LogP contribution in [0.3, 0.4) is 0 Å². The van der Waals surface area contributed by atoms with Gasteiger partial charge in [-0.2, -0.15) is 0 Å². The highest BCUT2D eigenvalue weighted by atomic mass is 32.2. The van der Waals surface area contributed by atoms with Gasteiger partial charge < -0.3 is 25.3 Å². The molecule has 2 aromatic rings. The number of nitrogens with zero attached hydrogens (tertiary/aromatic N) is 2. The van der Waals surface area contributed by atoms with Crippen molar-refractivity contribution >= 4 is 47.4 Å². The van der Waals surface area contributed by atoms with Crippen molar-refractivity contribution in [1.82, 2.24) is 9.80 Å². The summed E-state index contributed by atoms with van der Waals surface area (Å²) in [6.45, 7) is 4.67. The molecule has 10 nitrogen and oxygen atoms in total. The van der Waals surface area contributed by atoms with E-state index in [1.54, 1.807) is 0 Å². The molecule has 2 aliphatic rings. The Balaban J connectivity index is 0.000000290. The lowest BCUT2D eigenvalue weighted by atomic mass is 9.96. The normalized spacial score (nSPS) is 16.9. The highest BCUT2D eigenvalue weighted by molar-refractivity contribution is 7.99. The minimum absolute atomic E-state index is 0.501. The summed E-state index contributed by atoms with van der Waals surface area (Å²) >= 11 is 3.78. The van der Waals surface area contributed by atoms with E-state index in [9.17, 15) is 19.2 Å². The van der Waals surface area contributed by atoms with Gasteiger partial charge in [0.25, 0.3) is 0 Å². The topological polar surface area (TPSA) is 156 Å². The molecule has 0 aliphatic carbocycles. The van der Waals surface area contributed by atoms with Crippen molar-refractivity contribution in [1.29, 1.82) is 0 Å². The Bertz CT molecular complexity index is 1190. The van der Waals surface area contributed by atoms with Crippen molar-refractivity contribution < 1.29 is 39.6 Å². The Morgan fingerprint density at radius 1 is 0.800 bits per heavy atom. The largest absolute Gasteiger partial charge is 0.478 e. The molecule has 4 rings (SSSR count). The molecule has 12 heteroatoms. The maximum absolute atomic E-state index is 9.55. The molecule has 4 N–H and O–H groups in total. The molecule has 1 atom stereocenters. The van der Waals surface area contributed by atoms with Crippen molar-refractivity contribution in [3.05, 3.63) is 77.9 Å². The second kappa shape index (κ2) is 16.5. The second-order valence-electron chi connectivity index (χ2n) is 8.69. The molecule has 0 radical (unpaired) electrons. The molecule has 2 aromatic carbocycles. The van der Waals surface area contributed by atoms with Crippen molar-refractivity contribution in [2.24, 2.45) is 0 Å². The number of rotatable bonds is 6. The number of carboxylic acid groups (broad SMARTS) is 4. The molecule has 0 spiro atoms. The third kappa shape index (κ3) is 11.3. The van der Waals surface area contributed by atoms with Crippen LogP contribution in [0, 0.1) is 0 Å². The molecule has 1 saturated heterocycles. The van der Waals surface area contributed by atoms with Gasteiger partial charge in [-0.1, -0.05) is 30.0 Å². The Labute approximate surface area is 241 Å². The summed E-state index contributed by atoms with van der Waals surface area (Å²) in [4.78, 5) is 47.6. The summed E-state index contributed by atoms with van der Waals surface area (Å²) in [5.74, 6) is -5.03. The molecule has 1 fully saturated rings. The van der Waals surface area contributed by atoms with Crippen LogP contribution in [-0.2, 0) is 25.6 Å². The second-order valence-corrected chi connectivity index (χ2v) is 10.7. The predicted octanol–water partition coefficient (Wildman–Crippen LogP) is 3.83. The van der Waals surface area contributed by atoms with Crippen LogP contribution in [0.1, 0.15) is 17.2 Å². The van der Waals surface area contributed by atoms with Gasteiger partial charge in [-0.3, -0.25) is 4.90 Å². The van der Waals surface area contributed by atoms with E-state index in [0.717, 1.165) is 19.5 Å². The van der Waals surface area contributed by atoms with Gasteiger partial charge in [0.1, 0.15) is 0 Å². The zero-order chi connectivity index (χ0) is 29.7. The predicted molar refractivity (Wildman–Crippen MR) is 153 cm³/mol. The van der Waals surface area contributed by atoms with Crippen LogP contribution in [0.25, 0.3) is 0 Å². The van der Waals surface area contributed by atoms with Crippen LogP contribution < -0.4 is 0 Å². The quantitative estimate of drug-likeness (QED) is 0.286. The van der Waals surface area contributed by atoms with Crippen molar-refractivity contribution in [3.8, 4) is 0 Å². The van der Waals surface area contributed by atoms with E-state index in [-0.39, 0.29) is 0 Å². The number of aliphatic carboxylic acids is 4. The molecule has 0 amide bonds. The zero-order valence-electron chi connectivity index (χ0n) is 22.1. The minimum Gasteiger partial charge on any atom is -0.478 e. The Kier molecular flexibility index (Phi) is 13.5. The number of hydrogen-bond acceptors (Lipinski definition) is 8. The van der Waals surface area contributed by atoms with E-state index in [1.165, 1.54) is 38.9 Å². The Morgan fingerprint density at radius 3 is 1.82 bits per heavy atom. The first-order valence-corrected chi connectivity index (χ1v) is 14.2. The summed E-state index contributed by atoms with van der Waals surface area (Å²) in [7, 11) is 2.23. The highest BCUT2D eigenvalue weighted by Gasteiger charge is 2.29. The van der Waals surface area contributed by atoms with Crippen molar-refractivity contribution in [2.45, 2.75) is 27.1 Å². The highest BCUT2D eigenvalue weighted by Crippen LogP contribution is 2.43. The molecule has 0 saturated carbocycles. The number of hydrogen-bond donors (Lipinski definition) is 4. The summed E-state index contributed by atoms with van der Waals surface area (Å²) in [6.07, 6.45) is 5.52. The molecular formula is C28H32N2O8S2. The lowest BCUT2D eigenvalue weighted by molar-refractivity contribution is -0.134. The maximum atomic E-state index is 9.55. The first-order chi connectivity index (χ1) is 19.0. The van der Waals surface area contributed by atoms with Crippen LogP contribution in [0.2, 0.25) is 0 Å². The van der Waals surface area contributed by atoms with E-state index in [1.807, 2.05) is 23.5 Å². The third-order valence-electron chi connectivity index (χ3n) is 5.89. The molecule has 0 aromatic heterocycles. The molecular weight excluding hydrogens is 556 g/mol. The van der Waals surface area contributed by atoms with Gasteiger partial charge in [-0.05, 0) is 55.1 Å². The molecule has 214 valence electrons. The molecule has 40 heavy (non-hydrogen) atoms. The van der Waals surface area contributed by atoms with Gasteiger partial charge in [0.15, 0.2) is 0 Å². The van der Waals surface area contributed by atoms with Crippen molar-refractivity contribution in [3.63, 3.8) is 0 Å². The van der Waals surface area contributed by atoms with Gasteiger partial charge >= 0.3 is 23.9 Å². The van der Waals surface area contributed by atoms with Gasteiger partial charge in [0, 0.05) is 71.2 Å². The average Bonchev–Trinajstić information content (AvgIpc) is 3.08. The fourth-order valence-electron chi connectivity index (χ4n) is 3.97. The number of likely N-dealkylation sites (N-methyl/N-ethyl adjacent to an activating group) is 1. The SMILES string of the molecule is CSc1ccc2c(c1)CC(N1CCN(C)CC1)c1ccccc1S2.O=C(O)/C=C/C(=O)O.O=C(O)/C=C/C(=O)O. The number of fused-ring (bicyclic) bond motifs is 2. The van der Waals surface area contributed by atoms with E-state index < -0.39 is 23.9 Å². The summed E-state index contributed by atoms with van der Waals surface area (Å²) in [6, 6.07) is 16.5. The number of carboxylic acids is 4. The van der Waals surface area contributed by atoms with Crippen molar-refractivity contribution in [2.75, 3.05) is 39.5 Å². The number of thioether (sulfide) groups is 1. The fraction of sp³-hybridized carbons (Fsp3) is 0.286. The van der Waals surface area contributed by atoms with Gasteiger partial charge in [-0.25, -0.2) is 19.2 Å². The number of piperazine rings is 1. The van der Waals surface area contributed by atoms with Crippen LogP contribution in [0.5, 0.6) is 0 Å². The Hall–Kier alpha value is -3.58. The first-order valence-electron chi connectivity index (χ1n) is 12.1. The van der Waals surface area contributed by atoms with E-state index in [2.05, 4.69) is 65.6 Å². The molecule has 1 unspecified atom stereocenters. The zero-order valence-corrected chi connectivity index (χ0v) is 23.7. The van der Waals surface area contributed by atoms with Gasteiger partial charge in [0.2, 0.25) is 0 Å². The van der Waals surface area contributed by atoms with E-state index >= 15 is 0 Å². The molecule has 2 aliphatic heterocycles. The third-order valence-corrected chi connectivity index (χ3v) is 7.83.